The minimum atomic E-state index is -0.659. The Balaban J connectivity index is 2.51. The number of carbonyl (C=O) groups is 1. The van der Waals surface area contributed by atoms with Crippen LogP contribution in [0, 0.1) is 0 Å². The van der Waals surface area contributed by atoms with Crippen molar-refractivity contribution in [1.82, 2.24) is 0 Å². The second-order valence-electron chi connectivity index (χ2n) is 4.13. The average molecular weight is 237 g/mol. The van der Waals surface area contributed by atoms with Crippen molar-refractivity contribution in [3.05, 3.63) is 29.8 Å². The van der Waals surface area contributed by atoms with E-state index in [9.17, 15) is 4.79 Å². The number of nitrogens with two attached hydrogens (primary N) is 1. The first-order valence-electron chi connectivity index (χ1n) is 5.77. The highest BCUT2D eigenvalue weighted by Crippen LogP contribution is 2.11. The zero-order valence-electron chi connectivity index (χ0n) is 10.2. The summed E-state index contributed by atoms with van der Waals surface area (Å²) in [6.07, 6.45) is 1.08. The average Bonchev–Trinajstić information content (AvgIpc) is 2.31. The van der Waals surface area contributed by atoms with Gasteiger partial charge in [0.2, 0.25) is 0 Å². The largest absolute Gasteiger partial charge is 0.508 e. The highest BCUT2D eigenvalue weighted by atomic mass is 16.5. The predicted molar refractivity (Wildman–Crippen MR) is 65.6 cm³/mol. The third-order valence-corrected chi connectivity index (χ3v) is 2.59. The van der Waals surface area contributed by atoms with Crippen LogP contribution in [0.15, 0.2) is 24.3 Å². The van der Waals surface area contributed by atoms with Crippen LogP contribution >= 0.6 is 0 Å². The van der Waals surface area contributed by atoms with Gasteiger partial charge in [-0.3, -0.25) is 4.79 Å². The van der Waals surface area contributed by atoms with Crippen LogP contribution in [-0.2, 0) is 16.0 Å². The molecule has 0 radical (unpaired) electrons. The molecule has 0 amide bonds. The number of esters is 1. The van der Waals surface area contributed by atoms with Gasteiger partial charge in [0.15, 0.2) is 0 Å². The van der Waals surface area contributed by atoms with Crippen LogP contribution in [0.4, 0.5) is 0 Å². The smallest absolute Gasteiger partial charge is 0.323 e. The maximum Gasteiger partial charge on any atom is 0.323 e. The zero-order valence-corrected chi connectivity index (χ0v) is 10.2. The molecule has 17 heavy (non-hydrogen) atoms. The second-order valence-corrected chi connectivity index (χ2v) is 4.13. The number of phenolic OH excluding ortho intramolecular Hbond substituents is 1. The lowest BCUT2D eigenvalue weighted by Crippen LogP contribution is -2.36. The standard InChI is InChI=1S/C13H19NO3/c1-3-9(2)17-13(16)12(14)8-10-4-6-11(15)7-5-10/h4-7,9,12,15H,3,8,14H2,1-2H3/t9-,12-/m0/s1. The fraction of sp³-hybridized carbons (Fsp3) is 0.462. The van der Waals surface area contributed by atoms with E-state index in [1.165, 1.54) is 0 Å². The Bertz CT molecular complexity index is 361. The number of ether oxygens (including phenoxy) is 1. The molecule has 1 rings (SSSR count). The summed E-state index contributed by atoms with van der Waals surface area (Å²) in [5, 5.41) is 9.13. The molecule has 3 N–H and O–H groups in total. The Morgan fingerprint density at radius 2 is 2.00 bits per heavy atom. The van der Waals surface area contributed by atoms with Gasteiger partial charge in [0.25, 0.3) is 0 Å². The van der Waals surface area contributed by atoms with Crippen LogP contribution < -0.4 is 5.73 Å². The number of benzene rings is 1. The molecule has 2 atom stereocenters. The van der Waals surface area contributed by atoms with Crippen LogP contribution in [-0.4, -0.2) is 23.2 Å². The van der Waals surface area contributed by atoms with Crippen molar-refractivity contribution in [3.8, 4) is 5.75 Å². The van der Waals surface area contributed by atoms with Crippen molar-refractivity contribution >= 4 is 5.97 Å². The molecule has 0 aliphatic heterocycles. The van der Waals surface area contributed by atoms with Crippen LogP contribution in [0.1, 0.15) is 25.8 Å². The molecular formula is C13H19NO3. The Labute approximate surface area is 101 Å². The summed E-state index contributed by atoms with van der Waals surface area (Å²) in [4.78, 5) is 11.6. The normalized spacial score (nSPS) is 14.1. The van der Waals surface area contributed by atoms with Crippen molar-refractivity contribution in [1.29, 1.82) is 0 Å². The van der Waals surface area contributed by atoms with Crippen LogP contribution in [0.3, 0.4) is 0 Å². The molecule has 0 aliphatic carbocycles. The lowest BCUT2D eigenvalue weighted by Gasteiger charge is -2.15. The first-order valence-corrected chi connectivity index (χ1v) is 5.77. The van der Waals surface area contributed by atoms with Gasteiger partial charge >= 0.3 is 5.97 Å². The fourth-order valence-electron chi connectivity index (χ4n) is 1.34. The van der Waals surface area contributed by atoms with Gasteiger partial charge in [0.05, 0.1) is 6.10 Å². The summed E-state index contributed by atoms with van der Waals surface area (Å²) in [6, 6.07) is 5.97. The van der Waals surface area contributed by atoms with Gasteiger partial charge in [-0.2, -0.15) is 0 Å². The maximum atomic E-state index is 11.6. The van der Waals surface area contributed by atoms with Gasteiger partial charge in [-0.05, 0) is 37.5 Å². The summed E-state index contributed by atoms with van der Waals surface area (Å²) < 4.78 is 5.14. The van der Waals surface area contributed by atoms with Crippen LogP contribution in [0.25, 0.3) is 0 Å². The fourth-order valence-corrected chi connectivity index (χ4v) is 1.34. The maximum absolute atomic E-state index is 11.6. The lowest BCUT2D eigenvalue weighted by molar-refractivity contribution is -0.149. The van der Waals surface area contributed by atoms with E-state index in [2.05, 4.69) is 0 Å². The van der Waals surface area contributed by atoms with Gasteiger partial charge in [-0.1, -0.05) is 19.1 Å². The summed E-state index contributed by atoms with van der Waals surface area (Å²) in [5.41, 5.74) is 6.65. The molecule has 4 heteroatoms. The third kappa shape index (κ3) is 4.44. The Morgan fingerprint density at radius 3 is 2.53 bits per heavy atom. The molecule has 1 aromatic rings. The molecule has 94 valence electrons. The van der Waals surface area contributed by atoms with E-state index < -0.39 is 6.04 Å². The van der Waals surface area contributed by atoms with Gasteiger partial charge in [-0.25, -0.2) is 0 Å². The molecule has 4 nitrogen and oxygen atoms in total. The molecule has 0 saturated carbocycles. The van der Waals surface area contributed by atoms with E-state index in [-0.39, 0.29) is 17.8 Å². The number of carbonyl (C=O) groups excluding carboxylic acids is 1. The Morgan fingerprint density at radius 1 is 1.41 bits per heavy atom. The second kappa shape index (κ2) is 6.25. The van der Waals surface area contributed by atoms with E-state index >= 15 is 0 Å². The molecule has 0 fully saturated rings. The summed E-state index contributed by atoms with van der Waals surface area (Å²) >= 11 is 0. The van der Waals surface area contributed by atoms with E-state index in [1.54, 1.807) is 24.3 Å². The van der Waals surface area contributed by atoms with Crippen molar-refractivity contribution in [2.45, 2.75) is 38.8 Å². The first kappa shape index (κ1) is 13.5. The quantitative estimate of drug-likeness (QED) is 0.763. The molecule has 0 aromatic heterocycles. The number of aromatic hydroxyl groups is 1. The third-order valence-electron chi connectivity index (χ3n) is 2.59. The number of rotatable bonds is 5. The minimum absolute atomic E-state index is 0.103. The van der Waals surface area contributed by atoms with Crippen molar-refractivity contribution in [2.75, 3.05) is 0 Å². The van der Waals surface area contributed by atoms with E-state index in [0.717, 1.165) is 12.0 Å². The molecule has 0 bridgehead atoms. The predicted octanol–water partition coefficient (Wildman–Crippen LogP) is 1.60. The number of phenols is 1. The molecular weight excluding hydrogens is 218 g/mol. The van der Waals surface area contributed by atoms with Gasteiger partial charge in [0.1, 0.15) is 11.8 Å². The monoisotopic (exact) mass is 237 g/mol. The van der Waals surface area contributed by atoms with E-state index in [0.29, 0.717) is 6.42 Å². The van der Waals surface area contributed by atoms with Gasteiger partial charge in [0, 0.05) is 0 Å². The van der Waals surface area contributed by atoms with Gasteiger partial charge in [-0.15, -0.1) is 0 Å². The first-order chi connectivity index (χ1) is 8.02. The Hall–Kier alpha value is -1.55. The number of hydrogen-bond acceptors (Lipinski definition) is 4. The molecule has 0 spiro atoms. The molecule has 0 saturated heterocycles. The molecule has 0 unspecified atom stereocenters. The highest BCUT2D eigenvalue weighted by Gasteiger charge is 2.17. The number of hydrogen-bond donors (Lipinski definition) is 2. The summed E-state index contributed by atoms with van der Waals surface area (Å²) in [6.45, 7) is 3.79. The zero-order chi connectivity index (χ0) is 12.8. The topological polar surface area (TPSA) is 72.5 Å². The summed E-state index contributed by atoms with van der Waals surface area (Å²) in [5.74, 6) is -0.183. The van der Waals surface area contributed by atoms with Crippen molar-refractivity contribution in [3.63, 3.8) is 0 Å². The lowest BCUT2D eigenvalue weighted by atomic mass is 10.1. The molecule has 1 aromatic carbocycles. The van der Waals surface area contributed by atoms with Crippen molar-refractivity contribution in [2.24, 2.45) is 5.73 Å². The van der Waals surface area contributed by atoms with E-state index in [4.69, 9.17) is 15.6 Å². The Kier molecular flexibility index (Phi) is 4.97. The highest BCUT2D eigenvalue weighted by molar-refractivity contribution is 5.76. The summed E-state index contributed by atoms with van der Waals surface area (Å²) in [7, 11) is 0. The SMILES string of the molecule is CC[C@H](C)OC(=O)[C@@H](N)Cc1ccc(O)cc1. The minimum Gasteiger partial charge on any atom is -0.508 e. The molecule has 0 aliphatic rings. The van der Waals surface area contributed by atoms with Crippen LogP contribution in [0.2, 0.25) is 0 Å². The molecule has 0 heterocycles. The van der Waals surface area contributed by atoms with E-state index in [1.807, 2.05) is 13.8 Å². The van der Waals surface area contributed by atoms with Crippen molar-refractivity contribution < 1.29 is 14.6 Å². The van der Waals surface area contributed by atoms with Crippen LogP contribution in [0.5, 0.6) is 5.75 Å². The van der Waals surface area contributed by atoms with Gasteiger partial charge < -0.3 is 15.6 Å².